The second-order valence-corrected chi connectivity index (χ2v) is 5.60. The third kappa shape index (κ3) is 2.73. The highest BCUT2D eigenvalue weighted by Gasteiger charge is 2.15. The number of rotatable bonds is 2. The SMILES string of the molecule is Cc1ccc2nc(CN3CCN(C)CC3)cc(=O)n2c1. The van der Waals surface area contributed by atoms with E-state index in [0.29, 0.717) is 0 Å². The lowest BCUT2D eigenvalue weighted by Crippen LogP contribution is -2.44. The highest BCUT2D eigenvalue weighted by Crippen LogP contribution is 2.07. The van der Waals surface area contributed by atoms with Crippen molar-refractivity contribution < 1.29 is 0 Å². The summed E-state index contributed by atoms with van der Waals surface area (Å²) in [5.41, 5.74) is 2.66. The smallest absolute Gasteiger partial charge is 0.258 e. The Hall–Kier alpha value is -1.72. The predicted molar refractivity (Wildman–Crippen MR) is 79.0 cm³/mol. The van der Waals surface area contributed by atoms with Gasteiger partial charge in [-0.15, -0.1) is 0 Å². The van der Waals surface area contributed by atoms with Crippen LogP contribution >= 0.6 is 0 Å². The first-order valence-electron chi connectivity index (χ1n) is 7.02. The van der Waals surface area contributed by atoms with Gasteiger partial charge in [-0.1, -0.05) is 6.07 Å². The molecule has 5 nitrogen and oxygen atoms in total. The third-order valence-corrected chi connectivity index (χ3v) is 3.84. The number of likely N-dealkylation sites (N-methyl/N-ethyl adjacent to an activating group) is 1. The maximum atomic E-state index is 12.1. The van der Waals surface area contributed by atoms with E-state index in [9.17, 15) is 4.79 Å². The normalized spacial score (nSPS) is 17.7. The Bertz CT molecular complexity index is 671. The molecular formula is C15H20N4O. The molecule has 3 heterocycles. The minimum atomic E-state index is 0.00262. The van der Waals surface area contributed by atoms with Crippen molar-refractivity contribution in [3.05, 3.63) is 46.0 Å². The van der Waals surface area contributed by atoms with Gasteiger partial charge in [0, 0.05) is 45.0 Å². The lowest BCUT2D eigenvalue weighted by molar-refractivity contribution is 0.147. The molecule has 2 aromatic rings. The molecule has 0 unspecified atom stereocenters. The van der Waals surface area contributed by atoms with Crippen LogP contribution in [0.3, 0.4) is 0 Å². The summed E-state index contributed by atoms with van der Waals surface area (Å²) >= 11 is 0. The fourth-order valence-electron chi connectivity index (χ4n) is 2.57. The molecule has 0 radical (unpaired) electrons. The van der Waals surface area contributed by atoms with E-state index < -0.39 is 0 Å². The first-order chi connectivity index (χ1) is 9.61. The lowest BCUT2D eigenvalue weighted by atomic mass is 10.2. The molecule has 0 amide bonds. The average Bonchev–Trinajstić information content (AvgIpc) is 2.42. The molecule has 0 aliphatic carbocycles. The summed E-state index contributed by atoms with van der Waals surface area (Å²) in [6.07, 6.45) is 1.84. The van der Waals surface area contributed by atoms with Crippen molar-refractivity contribution in [1.82, 2.24) is 19.2 Å². The molecule has 0 atom stereocenters. The Morgan fingerprint density at radius 2 is 1.95 bits per heavy atom. The van der Waals surface area contributed by atoms with Crippen molar-refractivity contribution in [2.75, 3.05) is 33.2 Å². The molecule has 106 valence electrons. The summed E-state index contributed by atoms with van der Waals surface area (Å²) in [6, 6.07) is 5.55. The average molecular weight is 272 g/mol. The summed E-state index contributed by atoms with van der Waals surface area (Å²) in [7, 11) is 2.14. The number of nitrogens with zero attached hydrogens (tertiary/aromatic N) is 4. The molecule has 1 aliphatic heterocycles. The van der Waals surface area contributed by atoms with Crippen LogP contribution in [0.4, 0.5) is 0 Å². The molecule has 2 aromatic heterocycles. The van der Waals surface area contributed by atoms with Gasteiger partial charge in [-0.2, -0.15) is 0 Å². The van der Waals surface area contributed by atoms with E-state index in [-0.39, 0.29) is 5.56 Å². The molecule has 0 N–H and O–H groups in total. The van der Waals surface area contributed by atoms with Crippen LogP contribution in [0.15, 0.2) is 29.2 Å². The number of piperazine rings is 1. The summed E-state index contributed by atoms with van der Waals surface area (Å²) in [5, 5.41) is 0. The van der Waals surface area contributed by atoms with Gasteiger partial charge in [-0.25, -0.2) is 4.98 Å². The van der Waals surface area contributed by atoms with Crippen molar-refractivity contribution in [2.24, 2.45) is 0 Å². The lowest BCUT2D eigenvalue weighted by Gasteiger charge is -2.32. The fourth-order valence-corrected chi connectivity index (χ4v) is 2.57. The molecule has 1 saturated heterocycles. The Kier molecular flexibility index (Phi) is 3.54. The highest BCUT2D eigenvalue weighted by molar-refractivity contribution is 5.39. The number of hydrogen-bond donors (Lipinski definition) is 0. The number of aryl methyl sites for hydroxylation is 1. The first kappa shape index (κ1) is 13.3. The second-order valence-electron chi connectivity index (χ2n) is 5.60. The van der Waals surface area contributed by atoms with E-state index >= 15 is 0 Å². The standard InChI is InChI=1S/C15H20N4O/c1-12-3-4-14-16-13(9-15(20)19(14)10-12)11-18-7-5-17(2)6-8-18/h3-4,9-10H,5-8,11H2,1-2H3. The molecule has 3 rings (SSSR count). The third-order valence-electron chi connectivity index (χ3n) is 3.84. The Morgan fingerprint density at radius 3 is 2.70 bits per heavy atom. The monoisotopic (exact) mass is 272 g/mol. The molecule has 0 saturated carbocycles. The zero-order valence-corrected chi connectivity index (χ0v) is 12.0. The van der Waals surface area contributed by atoms with Gasteiger partial charge in [0.25, 0.3) is 5.56 Å². The van der Waals surface area contributed by atoms with E-state index in [2.05, 4.69) is 21.8 Å². The summed E-state index contributed by atoms with van der Waals surface area (Å²) in [4.78, 5) is 21.4. The minimum absolute atomic E-state index is 0.00262. The van der Waals surface area contributed by atoms with Crippen molar-refractivity contribution in [3.8, 4) is 0 Å². The van der Waals surface area contributed by atoms with Crippen LogP contribution < -0.4 is 5.56 Å². The molecule has 1 fully saturated rings. The predicted octanol–water partition coefficient (Wildman–Crippen LogP) is 0.750. The fraction of sp³-hybridized carbons (Fsp3) is 0.467. The number of aromatic nitrogens is 2. The van der Waals surface area contributed by atoms with Gasteiger partial charge in [0.1, 0.15) is 5.65 Å². The van der Waals surface area contributed by atoms with Crippen molar-refractivity contribution >= 4 is 5.65 Å². The van der Waals surface area contributed by atoms with Crippen LogP contribution in [0.25, 0.3) is 5.65 Å². The molecule has 0 bridgehead atoms. The van der Waals surface area contributed by atoms with Crippen molar-refractivity contribution in [3.63, 3.8) is 0 Å². The van der Waals surface area contributed by atoms with Gasteiger partial charge >= 0.3 is 0 Å². The maximum absolute atomic E-state index is 12.1. The minimum Gasteiger partial charge on any atom is -0.304 e. The van der Waals surface area contributed by atoms with Crippen LogP contribution in [0, 0.1) is 6.92 Å². The van der Waals surface area contributed by atoms with Crippen LogP contribution in [0.5, 0.6) is 0 Å². The number of pyridine rings is 1. The summed E-state index contributed by atoms with van der Waals surface area (Å²) in [5.74, 6) is 0. The van der Waals surface area contributed by atoms with E-state index in [1.54, 1.807) is 10.5 Å². The van der Waals surface area contributed by atoms with Gasteiger partial charge in [-0.3, -0.25) is 14.1 Å². The van der Waals surface area contributed by atoms with E-state index in [4.69, 9.17) is 0 Å². The second kappa shape index (κ2) is 5.34. The van der Waals surface area contributed by atoms with Gasteiger partial charge in [0.15, 0.2) is 0 Å². The molecule has 0 spiro atoms. The van der Waals surface area contributed by atoms with Crippen LogP contribution in [0.2, 0.25) is 0 Å². The largest absolute Gasteiger partial charge is 0.304 e. The molecule has 1 aliphatic rings. The molecular weight excluding hydrogens is 252 g/mol. The van der Waals surface area contributed by atoms with E-state index in [1.807, 2.05) is 25.3 Å². The Morgan fingerprint density at radius 1 is 1.20 bits per heavy atom. The zero-order valence-electron chi connectivity index (χ0n) is 12.0. The zero-order chi connectivity index (χ0) is 14.1. The molecule has 5 heteroatoms. The Labute approximate surface area is 118 Å². The maximum Gasteiger partial charge on any atom is 0.258 e. The van der Waals surface area contributed by atoms with Crippen LogP contribution in [0.1, 0.15) is 11.3 Å². The first-order valence-corrected chi connectivity index (χ1v) is 7.02. The van der Waals surface area contributed by atoms with Crippen LogP contribution in [-0.4, -0.2) is 52.4 Å². The van der Waals surface area contributed by atoms with E-state index in [0.717, 1.165) is 49.6 Å². The van der Waals surface area contributed by atoms with Gasteiger partial charge in [0.05, 0.1) is 5.69 Å². The molecule has 20 heavy (non-hydrogen) atoms. The number of fused-ring (bicyclic) bond motifs is 1. The van der Waals surface area contributed by atoms with Crippen LogP contribution in [-0.2, 0) is 6.54 Å². The summed E-state index contributed by atoms with van der Waals surface area (Å²) in [6.45, 7) is 6.95. The summed E-state index contributed by atoms with van der Waals surface area (Å²) < 4.78 is 1.61. The topological polar surface area (TPSA) is 40.9 Å². The quantitative estimate of drug-likeness (QED) is 0.809. The van der Waals surface area contributed by atoms with Crippen molar-refractivity contribution in [2.45, 2.75) is 13.5 Å². The highest BCUT2D eigenvalue weighted by atomic mass is 16.1. The van der Waals surface area contributed by atoms with Gasteiger partial charge in [-0.05, 0) is 25.6 Å². The number of hydrogen-bond acceptors (Lipinski definition) is 4. The molecule has 0 aromatic carbocycles. The van der Waals surface area contributed by atoms with Gasteiger partial charge in [0.2, 0.25) is 0 Å². The Balaban J connectivity index is 1.85. The van der Waals surface area contributed by atoms with Crippen molar-refractivity contribution in [1.29, 1.82) is 0 Å². The van der Waals surface area contributed by atoms with Gasteiger partial charge < -0.3 is 4.90 Å². The van der Waals surface area contributed by atoms with E-state index in [1.165, 1.54) is 0 Å².